The van der Waals surface area contributed by atoms with Crippen molar-refractivity contribution in [1.82, 2.24) is 4.90 Å². The zero-order valence-corrected chi connectivity index (χ0v) is 16.4. The fraction of sp³-hybridized carbons (Fsp3) is 0.391. The van der Waals surface area contributed by atoms with Gasteiger partial charge < -0.3 is 16.0 Å². The Kier molecular flexibility index (Phi) is 5.33. The summed E-state index contributed by atoms with van der Waals surface area (Å²) >= 11 is 0. The molecule has 2 aliphatic rings. The van der Waals surface area contributed by atoms with Gasteiger partial charge in [0.15, 0.2) is 5.96 Å². The van der Waals surface area contributed by atoms with Gasteiger partial charge in [-0.2, -0.15) is 0 Å². The van der Waals surface area contributed by atoms with E-state index in [-0.39, 0.29) is 17.9 Å². The molecule has 1 aliphatic carbocycles. The van der Waals surface area contributed by atoms with Crippen LogP contribution in [0.3, 0.4) is 0 Å². The van der Waals surface area contributed by atoms with Gasteiger partial charge in [0.05, 0.1) is 6.04 Å². The van der Waals surface area contributed by atoms with Gasteiger partial charge in [-0.3, -0.25) is 9.79 Å². The van der Waals surface area contributed by atoms with Crippen molar-refractivity contribution in [2.45, 2.75) is 38.1 Å². The second-order valence-corrected chi connectivity index (χ2v) is 7.83. The van der Waals surface area contributed by atoms with Gasteiger partial charge in [-0.15, -0.1) is 0 Å². The Balaban J connectivity index is 1.48. The Labute approximate surface area is 166 Å². The molecule has 5 nitrogen and oxygen atoms in total. The number of nitrogens with zero attached hydrogens (tertiary/aromatic N) is 2. The molecule has 4 rings (SSSR count). The second kappa shape index (κ2) is 8.05. The molecule has 2 unspecified atom stereocenters. The first kappa shape index (κ1) is 18.5. The predicted molar refractivity (Wildman–Crippen MR) is 113 cm³/mol. The smallest absolute Gasteiger partial charge is 0.223 e. The average Bonchev–Trinajstić information content (AvgIpc) is 3.01. The number of carbonyl (C=O) groups excluding carboxylic acids is 1. The van der Waals surface area contributed by atoms with Crippen molar-refractivity contribution in [1.29, 1.82) is 0 Å². The minimum atomic E-state index is 0.0507. The third kappa shape index (κ3) is 3.75. The molecule has 2 aromatic carbocycles. The van der Waals surface area contributed by atoms with Crippen molar-refractivity contribution in [3.63, 3.8) is 0 Å². The number of carbonyl (C=O) groups is 1. The Morgan fingerprint density at radius 3 is 2.75 bits per heavy atom. The summed E-state index contributed by atoms with van der Waals surface area (Å²) in [6.45, 7) is 0.531. The predicted octanol–water partition coefficient (Wildman–Crippen LogP) is 3.51. The molecule has 28 heavy (non-hydrogen) atoms. The number of fused-ring (bicyclic) bond motifs is 1. The van der Waals surface area contributed by atoms with E-state index in [9.17, 15) is 4.79 Å². The summed E-state index contributed by atoms with van der Waals surface area (Å²) in [5.41, 5.74) is 11.2. The number of hydrogen-bond acceptors (Lipinski definition) is 2. The van der Waals surface area contributed by atoms with E-state index in [1.807, 2.05) is 30.1 Å². The summed E-state index contributed by atoms with van der Waals surface area (Å²) in [5.74, 6) is 0.718. The molecule has 1 amide bonds. The van der Waals surface area contributed by atoms with Gasteiger partial charge in [-0.1, -0.05) is 42.5 Å². The van der Waals surface area contributed by atoms with Crippen LogP contribution in [0.25, 0.3) is 0 Å². The van der Waals surface area contributed by atoms with Crippen LogP contribution >= 0.6 is 0 Å². The molecule has 0 spiro atoms. The molecule has 2 aromatic rings. The summed E-state index contributed by atoms with van der Waals surface area (Å²) < 4.78 is 0. The summed E-state index contributed by atoms with van der Waals surface area (Å²) in [6, 6.07) is 16.6. The van der Waals surface area contributed by atoms with Gasteiger partial charge in [0.1, 0.15) is 0 Å². The number of aryl methyl sites for hydroxylation is 1. The summed E-state index contributed by atoms with van der Waals surface area (Å²) in [4.78, 5) is 18.7. The zero-order chi connectivity index (χ0) is 19.5. The molecule has 0 aromatic heterocycles. The third-order valence-electron chi connectivity index (χ3n) is 5.99. The topological polar surface area (TPSA) is 70.7 Å². The summed E-state index contributed by atoms with van der Waals surface area (Å²) in [5, 5.41) is 3.30. The first-order valence-electron chi connectivity index (χ1n) is 10.1. The van der Waals surface area contributed by atoms with Gasteiger partial charge in [-0.25, -0.2) is 0 Å². The molecule has 5 heteroatoms. The van der Waals surface area contributed by atoms with Gasteiger partial charge in [0.2, 0.25) is 5.91 Å². The first-order chi connectivity index (χ1) is 13.6. The lowest BCUT2D eigenvalue weighted by Crippen LogP contribution is -2.27. The number of nitrogens with one attached hydrogen (secondary N) is 1. The van der Waals surface area contributed by atoms with E-state index in [4.69, 9.17) is 5.73 Å². The number of guanidine groups is 1. The van der Waals surface area contributed by atoms with Gasteiger partial charge in [0, 0.05) is 31.6 Å². The third-order valence-corrected chi connectivity index (χ3v) is 5.99. The van der Waals surface area contributed by atoms with Crippen LogP contribution in [0, 0.1) is 5.92 Å². The summed E-state index contributed by atoms with van der Waals surface area (Å²) in [6.07, 6.45) is 5.21. The maximum Gasteiger partial charge on any atom is 0.223 e. The molecular formula is C23H28N4O. The number of nitrogens with two attached hydrogens (primary N) is 1. The van der Waals surface area contributed by atoms with Crippen molar-refractivity contribution < 1.29 is 4.79 Å². The van der Waals surface area contributed by atoms with Crippen molar-refractivity contribution >= 4 is 17.6 Å². The van der Waals surface area contributed by atoms with Crippen LogP contribution < -0.4 is 11.1 Å². The van der Waals surface area contributed by atoms with Crippen molar-refractivity contribution in [2.24, 2.45) is 16.6 Å². The highest BCUT2D eigenvalue weighted by molar-refractivity contribution is 5.93. The largest absolute Gasteiger partial charge is 0.370 e. The number of amides is 1. The van der Waals surface area contributed by atoms with Crippen molar-refractivity contribution in [3.05, 3.63) is 65.2 Å². The number of likely N-dealkylation sites (tertiary alicyclic amines) is 1. The lowest BCUT2D eigenvalue weighted by molar-refractivity contribution is -0.127. The highest BCUT2D eigenvalue weighted by Gasteiger charge is 2.38. The minimum Gasteiger partial charge on any atom is -0.370 e. The Morgan fingerprint density at radius 2 is 1.93 bits per heavy atom. The molecule has 146 valence electrons. The molecule has 1 aliphatic heterocycles. The van der Waals surface area contributed by atoms with Gasteiger partial charge in [-0.05, 0) is 48.4 Å². The highest BCUT2D eigenvalue weighted by atomic mass is 16.2. The number of anilines is 1. The molecule has 1 saturated heterocycles. The lowest BCUT2D eigenvalue weighted by Gasteiger charge is -2.24. The monoisotopic (exact) mass is 376 g/mol. The molecule has 0 saturated carbocycles. The number of hydrogen-bond donors (Lipinski definition) is 2. The molecule has 1 heterocycles. The Hall–Kier alpha value is -2.82. The Morgan fingerprint density at radius 1 is 1.14 bits per heavy atom. The van der Waals surface area contributed by atoms with Crippen LogP contribution in [-0.4, -0.2) is 30.4 Å². The second-order valence-electron chi connectivity index (χ2n) is 7.83. The first-order valence-corrected chi connectivity index (χ1v) is 10.1. The van der Waals surface area contributed by atoms with Crippen LogP contribution in [0.15, 0.2) is 53.5 Å². The fourth-order valence-corrected chi connectivity index (χ4v) is 4.55. The number of rotatable bonds is 4. The summed E-state index contributed by atoms with van der Waals surface area (Å²) in [7, 11) is 1.88. The van der Waals surface area contributed by atoms with Gasteiger partial charge >= 0.3 is 0 Å². The molecular weight excluding hydrogens is 348 g/mol. The van der Waals surface area contributed by atoms with Crippen LogP contribution in [0.2, 0.25) is 0 Å². The highest BCUT2D eigenvalue weighted by Crippen LogP contribution is 2.37. The molecule has 2 atom stereocenters. The Bertz CT molecular complexity index is 877. The van der Waals surface area contributed by atoms with Crippen LogP contribution in [0.4, 0.5) is 5.69 Å². The molecule has 1 fully saturated rings. The number of benzene rings is 2. The number of aliphatic imine (C=N–C) groups is 1. The van der Waals surface area contributed by atoms with E-state index < -0.39 is 0 Å². The average molecular weight is 377 g/mol. The van der Waals surface area contributed by atoms with E-state index in [1.165, 1.54) is 24.0 Å². The van der Waals surface area contributed by atoms with Crippen LogP contribution in [0.5, 0.6) is 0 Å². The van der Waals surface area contributed by atoms with E-state index in [0.717, 1.165) is 24.1 Å². The quantitative estimate of drug-likeness (QED) is 0.634. The molecule has 0 radical (unpaired) electrons. The van der Waals surface area contributed by atoms with Crippen LogP contribution in [-0.2, 0) is 17.6 Å². The van der Waals surface area contributed by atoms with E-state index in [2.05, 4.69) is 40.6 Å². The van der Waals surface area contributed by atoms with Gasteiger partial charge in [0.25, 0.3) is 0 Å². The minimum absolute atomic E-state index is 0.0507. The van der Waals surface area contributed by atoms with E-state index >= 15 is 0 Å². The van der Waals surface area contributed by atoms with E-state index in [0.29, 0.717) is 18.9 Å². The molecule has 3 N–H and O–H groups in total. The van der Waals surface area contributed by atoms with Crippen molar-refractivity contribution in [3.8, 4) is 0 Å². The maximum absolute atomic E-state index is 12.3. The SMILES string of the molecule is CN1C(=O)CC(CN=C(N)Nc2cccc3c2CCCC3)C1c1ccccc1. The molecule has 0 bridgehead atoms. The lowest BCUT2D eigenvalue weighted by atomic mass is 9.90. The zero-order valence-electron chi connectivity index (χ0n) is 16.4. The fourth-order valence-electron chi connectivity index (χ4n) is 4.55. The van der Waals surface area contributed by atoms with Crippen LogP contribution in [0.1, 0.15) is 42.0 Å². The van der Waals surface area contributed by atoms with E-state index in [1.54, 1.807) is 0 Å². The normalized spacial score (nSPS) is 22.2. The maximum atomic E-state index is 12.3. The van der Waals surface area contributed by atoms with Crippen molar-refractivity contribution in [2.75, 3.05) is 18.9 Å². The standard InChI is InChI=1S/C23H28N4O/c1-27-21(28)14-18(22(27)17-9-3-2-4-10-17)15-25-23(24)26-20-13-7-11-16-8-5-6-12-19(16)20/h2-4,7,9-11,13,18,22H,5-6,8,12,14-15H2,1H3,(H3,24,25,26).